The van der Waals surface area contributed by atoms with Crippen molar-refractivity contribution in [3.05, 3.63) is 46.0 Å². The number of carbonyl (C=O) groups excluding carboxylic acids is 1. The van der Waals surface area contributed by atoms with E-state index < -0.39 is 5.63 Å². The summed E-state index contributed by atoms with van der Waals surface area (Å²) < 4.78 is 5.24. The van der Waals surface area contributed by atoms with Gasteiger partial charge in [0.25, 0.3) is 5.91 Å². The van der Waals surface area contributed by atoms with Crippen molar-refractivity contribution in [2.45, 2.75) is 46.7 Å². The largest absolute Gasteiger partial charge is 0.417 e. The quantitative estimate of drug-likeness (QED) is 0.869. The van der Waals surface area contributed by atoms with E-state index in [1.165, 1.54) is 0 Å². The molecule has 4 heteroatoms. The van der Waals surface area contributed by atoms with Gasteiger partial charge in [0.05, 0.1) is 5.39 Å². The van der Waals surface area contributed by atoms with Crippen LogP contribution in [0.4, 0.5) is 0 Å². The van der Waals surface area contributed by atoms with Crippen LogP contribution in [0, 0.1) is 6.92 Å². The van der Waals surface area contributed by atoms with Crippen LogP contribution in [0.25, 0.3) is 10.8 Å². The minimum Gasteiger partial charge on any atom is -0.417 e. The summed E-state index contributed by atoms with van der Waals surface area (Å²) >= 11 is 0. The lowest BCUT2D eigenvalue weighted by Gasteiger charge is -2.30. The Morgan fingerprint density at radius 3 is 2.29 bits per heavy atom. The van der Waals surface area contributed by atoms with Crippen molar-refractivity contribution in [3.8, 4) is 0 Å². The van der Waals surface area contributed by atoms with Gasteiger partial charge in [0.15, 0.2) is 5.76 Å². The minimum absolute atomic E-state index is 0.0384. The van der Waals surface area contributed by atoms with Crippen LogP contribution in [0.3, 0.4) is 0 Å². The molecular weight excluding hydrogens is 266 g/mol. The van der Waals surface area contributed by atoms with E-state index in [0.717, 1.165) is 10.9 Å². The van der Waals surface area contributed by atoms with Crippen LogP contribution in [0.2, 0.25) is 0 Å². The molecule has 0 bridgehead atoms. The highest BCUT2D eigenvalue weighted by Gasteiger charge is 2.24. The first-order valence-corrected chi connectivity index (χ1v) is 7.18. The average Bonchev–Trinajstić information content (AvgIpc) is 2.38. The predicted molar refractivity (Wildman–Crippen MR) is 83.7 cm³/mol. The van der Waals surface area contributed by atoms with Crippen molar-refractivity contribution in [3.63, 3.8) is 0 Å². The molecule has 0 atom stereocenters. The zero-order valence-electron chi connectivity index (χ0n) is 13.1. The van der Waals surface area contributed by atoms with E-state index in [9.17, 15) is 9.59 Å². The first-order chi connectivity index (χ1) is 9.81. The van der Waals surface area contributed by atoms with E-state index in [1.54, 1.807) is 17.0 Å². The zero-order valence-corrected chi connectivity index (χ0v) is 13.1. The van der Waals surface area contributed by atoms with E-state index in [2.05, 4.69) is 0 Å². The van der Waals surface area contributed by atoms with Gasteiger partial charge in [-0.2, -0.15) is 0 Å². The summed E-state index contributed by atoms with van der Waals surface area (Å²) in [5.41, 5.74) is 0.520. The fourth-order valence-corrected chi connectivity index (χ4v) is 2.60. The third-order valence-electron chi connectivity index (χ3n) is 3.48. The maximum Gasteiger partial charge on any atom is 0.344 e. The van der Waals surface area contributed by atoms with Crippen LogP contribution >= 0.6 is 0 Å². The van der Waals surface area contributed by atoms with Gasteiger partial charge in [-0.1, -0.05) is 17.7 Å². The fourth-order valence-electron chi connectivity index (χ4n) is 2.60. The monoisotopic (exact) mass is 287 g/mol. The van der Waals surface area contributed by atoms with Crippen molar-refractivity contribution in [2.75, 3.05) is 0 Å². The number of rotatable bonds is 3. The Morgan fingerprint density at radius 1 is 1.10 bits per heavy atom. The van der Waals surface area contributed by atoms with E-state index in [0.29, 0.717) is 5.39 Å². The molecular formula is C17H21NO3. The Morgan fingerprint density at radius 2 is 1.71 bits per heavy atom. The van der Waals surface area contributed by atoms with Crippen molar-refractivity contribution < 1.29 is 9.21 Å². The number of hydrogen-bond donors (Lipinski definition) is 0. The van der Waals surface area contributed by atoms with Gasteiger partial charge in [-0.15, -0.1) is 0 Å². The summed E-state index contributed by atoms with van der Waals surface area (Å²) in [7, 11) is 0. The Labute approximate surface area is 124 Å². The molecule has 0 fully saturated rings. The summed E-state index contributed by atoms with van der Waals surface area (Å²) in [4.78, 5) is 26.4. The highest BCUT2D eigenvalue weighted by molar-refractivity contribution is 5.95. The zero-order chi connectivity index (χ0) is 15.7. The lowest BCUT2D eigenvalue weighted by Crippen LogP contribution is -2.42. The molecule has 0 saturated heterocycles. The van der Waals surface area contributed by atoms with Gasteiger partial charge >= 0.3 is 5.63 Å². The Bertz CT molecular complexity index is 720. The predicted octanol–water partition coefficient (Wildman–Crippen LogP) is 3.36. The van der Waals surface area contributed by atoms with E-state index >= 15 is 0 Å². The summed E-state index contributed by atoms with van der Waals surface area (Å²) in [5.74, 6) is -0.154. The number of nitrogens with zero attached hydrogens (tertiary/aromatic N) is 1. The molecule has 0 aliphatic rings. The third-order valence-corrected chi connectivity index (χ3v) is 3.48. The van der Waals surface area contributed by atoms with Gasteiger partial charge in [-0.25, -0.2) is 4.79 Å². The lowest BCUT2D eigenvalue weighted by atomic mass is 10.1. The topological polar surface area (TPSA) is 50.5 Å². The van der Waals surface area contributed by atoms with Crippen LogP contribution < -0.4 is 5.63 Å². The molecule has 21 heavy (non-hydrogen) atoms. The third kappa shape index (κ3) is 2.99. The number of carbonyl (C=O) groups is 1. The molecule has 1 heterocycles. The van der Waals surface area contributed by atoms with Gasteiger partial charge in [0.1, 0.15) is 0 Å². The van der Waals surface area contributed by atoms with Gasteiger partial charge in [-0.3, -0.25) is 4.79 Å². The molecule has 1 amide bonds. The number of fused-ring (bicyclic) bond motifs is 1. The molecule has 0 spiro atoms. The first kappa shape index (κ1) is 15.3. The van der Waals surface area contributed by atoms with Crippen LogP contribution in [0.1, 0.15) is 43.8 Å². The maximum absolute atomic E-state index is 12.6. The molecule has 2 rings (SSSR count). The highest BCUT2D eigenvalue weighted by Crippen LogP contribution is 2.17. The second-order valence-electron chi connectivity index (χ2n) is 5.89. The van der Waals surface area contributed by atoms with Gasteiger partial charge < -0.3 is 9.32 Å². The second-order valence-corrected chi connectivity index (χ2v) is 5.89. The summed E-state index contributed by atoms with van der Waals surface area (Å²) in [5, 5.41) is 1.24. The SMILES string of the molecule is Cc1ccc2cc(C(=O)N(C(C)C)C(C)C)oc(=O)c2c1. The molecule has 0 N–H and O–H groups in total. The number of aryl methyl sites for hydroxylation is 1. The summed E-state index contributed by atoms with van der Waals surface area (Å²) in [6.07, 6.45) is 0. The smallest absolute Gasteiger partial charge is 0.344 e. The molecule has 1 aromatic heterocycles. The van der Waals surface area contributed by atoms with E-state index in [-0.39, 0.29) is 23.8 Å². The van der Waals surface area contributed by atoms with Gasteiger partial charge in [0, 0.05) is 12.1 Å². The Hall–Kier alpha value is -2.10. The molecule has 112 valence electrons. The van der Waals surface area contributed by atoms with E-state index in [4.69, 9.17) is 4.42 Å². The van der Waals surface area contributed by atoms with E-state index in [1.807, 2.05) is 46.8 Å². The van der Waals surface area contributed by atoms with Crippen LogP contribution in [0.15, 0.2) is 33.5 Å². The van der Waals surface area contributed by atoms with Crippen molar-refractivity contribution >= 4 is 16.7 Å². The molecule has 1 aromatic carbocycles. The number of amides is 1. The van der Waals surface area contributed by atoms with Gasteiger partial charge in [0.2, 0.25) is 0 Å². The first-order valence-electron chi connectivity index (χ1n) is 7.18. The fraction of sp³-hybridized carbons (Fsp3) is 0.412. The molecule has 0 radical (unpaired) electrons. The summed E-state index contributed by atoms with van der Waals surface area (Å²) in [6.45, 7) is 9.69. The van der Waals surface area contributed by atoms with Gasteiger partial charge in [-0.05, 0) is 52.1 Å². The molecule has 4 nitrogen and oxygen atoms in total. The van der Waals surface area contributed by atoms with Crippen molar-refractivity contribution in [1.29, 1.82) is 0 Å². The highest BCUT2D eigenvalue weighted by atomic mass is 16.4. The summed E-state index contributed by atoms with van der Waals surface area (Å²) in [6, 6.07) is 7.26. The van der Waals surface area contributed by atoms with Crippen molar-refractivity contribution in [1.82, 2.24) is 4.90 Å². The van der Waals surface area contributed by atoms with Crippen LogP contribution in [0.5, 0.6) is 0 Å². The minimum atomic E-state index is -0.466. The van der Waals surface area contributed by atoms with Crippen LogP contribution in [-0.4, -0.2) is 22.9 Å². The average molecular weight is 287 g/mol. The van der Waals surface area contributed by atoms with Crippen LogP contribution in [-0.2, 0) is 0 Å². The maximum atomic E-state index is 12.6. The Balaban J connectivity index is 2.55. The Kier molecular flexibility index (Phi) is 4.16. The normalized spacial score (nSPS) is 11.4. The molecule has 0 aliphatic carbocycles. The molecule has 0 saturated carbocycles. The number of hydrogen-bond acceptors (Lipinski definition) is 3. The molecule has 0 aliphatic heterocycles. The standard InChI is InChI=1S/C17H21NO3/c1-10(2)18(11(3)4)16(19)15-9-13-7-6-12(5)8-14(13)17(20)21-15/h6-11H,1-5H3. The molecule has 2 aromatic rings. The van der Waals surface area contributed by atoms with Crippen molar-refractivity contribution in [2.24, 2.45) is 0 Å². The molecule has 0 unspecified atom stereocenters. The number of benzene rings is 1. The second kappa shape index (κ2) is 5.72. The lowest BCUT2D eigenvalue weighted by molar-refractivity contribution is 0.0606.